The summed E-state index contributed by atoms with van der Waals surface area (Å²) in [4.78, 5) is 10.8. The number of rotatable bonds is 6. The van der Waals surface area contributed by atoms with E-state index in [1.165, 1.54) is 32.3 Å². The summed E-state index contributed by atoms with van der Waals surface area (Å²) in [5.41, 5.74) is 0.619. The van der Waals surface area contributed by atoms with Crippen molar-refractivity contribution < 1.29 is 35.2 Å². The highest BCUT2D eigenvalue weighted by Crippen LogP contribution is 2.31. The van der Waals surface area contributed by atoms with E-state index < -0.39 is 55.7 Å². The zero-order valence-electron chi connectivity index (χ0n) is 15.3. The van der Waals surface area contributed by atoms with Crippen molar-refractivity contribution in [3.05, 3.63) is 52.8 Å². The lowest BCUT2D eigenvalue weighted by atomic mass is 10.2. The predicted octanol–water partition coefficient (Wildman–Crippen LogP) is 3.67. The minimum absolute atomic E-state index is 0.101. The summed E-state index contributed by atoms with van der Waals surface area (Å²) in [5, 5.41) is 2.36. The summed E-state index contributed by atoms with van der Waals surface area (Å²) < 4.78 is 92.1. The van der Waals surface area contributed by atoms with Crippen LogP contribution in [0.4, 0.5) is 27.6 Å². The zero-order valence-corrected chi connectivity index (χ0v) is 17.0. The van der Waals surface area contributed by atoms with Gasteiger partial charge in [-0.25, -0.2) is 34.7 Å². The lowest BCUT2D eigenvalue weighted by Gasteiger charge is -2.14. The van der Waals surface area contributed by atoms with Crippen LogP contribution in [-0.4, -0.2) is 38.5 Å². The Hall–Kier alpha value is -2.18. The van der Waals surface area contributed by atoms with Gasteiger partial charge in [0.15, 0.2) is 23.3 Å². The van der Waals surface area contributed by atoms with Gasteiger partial charge in [-0.2, -0.15) is 0 Å². The van der Waals surface area contributed by atoms with E-state index in [1.807, 2.05) is 0 Å². The van der Waals surface area contributed by atoms with Crippen LogP contribution in [0.25, 0.3) is 0 Å². The molecule has 0 saturated carbocycles. The molecule has 0 unspecified atom stereocenters. The Morgan fingerprint density at radius 2 is 1.52 bits per heavy atom. The summed E-state index contributed by atoms with van der Waals surface area (Å²) >= 11 is 0.123. The molecule has 158 valence electrons. The molecule has 0 saturated heterocycles. The standard InChI is InChI=1S/C17H15F5N2O3S2/c1-8-4-5-9(29(26,27)24(2)3)6-10(8)23-11(25)7-28-17-15(21)13(19)12(18)14(20)16(17)22/h4-6H,7H2,1-3H3,(H,23,25). The number of hydrogen-bond donors (Lipinski definition) is 1. The zero-order chi connectivity index (χ0) is 22.1. The van der Waals surface area contributed by atoms with Crippen LogP contribution in [0.2, 0.25) is 0 Å². The molecule has 0 aliphatic carbocycles. The van der Waals surface area contributed by atoms with E-state index in [4.69, 9.17) is 0 Å². The highest BCUT2D eigenvalue weighted by Gasteiger charge is 2.26. The number of anilines is 1. The van der Waals surface area contributed by atoms with Gasteiger partial charge in [0.2, 0.25) is 21.7 Å². The number of hydrogen-bond acceptors (Lipinski definition) is 4. The number of nitrogens with zero attached hydrogens (tertiary/aromatic N) is 1. The predicted molar refractivity (Wildman–Crippen MR) is 97.6 cm³/mol. The molecule has 2 aromatic carbocycles. The van der Waals surface area contributed by atoms with Gasteiger partial charge in [0, 0.05) is 19.8 Å². The minimum Gasteiger partial charge on any atom is -0.325 e. The molecular formula is C17H15F5N2O3S2. The molecule has 0 aliphatic rings. The number of halogens is 5. The van der Waals surface area contributed by atoms with Crippen molar-refractivity contribution in [3.8, 4) is 0 Å². The summed E-state index contributed by atoms with van der Waals surface area (Å²) in [5.74, 6) is -12.1. The Labute approximate surface area is 167 Å². The number of aryl methyl sites for hydroxylation is 1. The number of thioether (sulfide) groups is 1. The maximum absolute atomic E-state index is 13.7. The van der Waals surface area contributed by atoms with Crippen LogP contribution in [0.5, 0.6) is 0 Å². The van der Waals surface area contributed by atoms with Crippen molar-refractivity contribution in [2.24, 2.45) is 0 Å². The van der Waals surface area contributed by atoms with E-state index in [9.17, 15) is 35.2 Å². The van der Waals surface area contributed by atoms with Gasteiger partial charge in [-0.1, -0.05) is 6.07 Å². The fraction of sp³-hybridized carbons (Fsp3) is 0.235. The van der Waals surface area contributed by atoms with Crippen LogP contribution < -0.4 is 5.32 Å². The van der Waals surface area contributed by atoms with Crippen LogP contribution in [0.1, 0.15) is 5.56 Å². The quantitative estimate of drug-likeness (QED) is 0.313. The molecule has 2 aromatic rings. The fourth-order valence-corrected chi connectivity index (χ4v) is 3.85. The molecule has 0 bridgehead atoms. The molecule has 5 nitrogen and oxygen atoms in total. The molecule has 0 aromatic heterocycles. The first-order valence-corrected chi connectivity index (χ1v) is 10.3. The van der Waals surface area contributed by atoms with Crippen LogP contribution >= 0.6 is 11.8 Å². The van der Waals surface area contributed by atoms with Crippen LogP contribution in [-0.2, 0) is 14.8 Å². The van der Waals surface area contributed by atoms with E-state index >= 15 is 0 Å². The second kappa shape index (κ2) is 8.67. The van der Waals surface area contributed by atoms with Crippen molar-refractivity contribution in [2.45, 2.75) is 16.7 Å². The van der Waals surface area contributed by atoms with Gasteiger partial charge in [-0.05, 0) is 24.6 Å². The summed E-state index contributed by atoms with van der Waals surface area (Å²) in [6.45, 7) is 1.58. The maximum Gasteiger partial charge on any atom is 0.242 e. The highest BCUT2D eigenvalue weighted by molar-refractivity contribution is 8.00. The lowest BCUT2D eigenvalue weighted by molar-refractivity contribution is -0.113. The number of amides is 1. The smallest absolute Gasteiger partial charge is 0.242 e. The number of benzene rings is 2. The number of carbonyl (C=O) groups is 1. The van der Waals surface area contributed by atoms with E-state index in [1.54, 1.807) is 6.92 Å². The van der Waals surface area contributed by atoms with Crippen molar-refractivity contribution in [1.29, 1.82) is 0 Å². The number of nitrogens with one attached hydrogen (secondary N) is 1. The largest absolute Gasteiger partial charge is 0.325 e. The van der Waals surface area contributed by atoms with Gasteiger partial charge < -0.3 is 5.32 Å². The van der Waals surface area contributed by atoms with E-state index in [2.05, 4.69) is 5.32 Å². The average Bonchev–Trinajstić information content (AvgIpc) is 2.66. The van der Waals surface area contributed by atoms with Crippen molar-refractivity contribution >= 4 is 33.4 Å². The van der Waals surface area contributed by atoms with Crippen LogP contribution in [0.15, 0.2) is 28.0 Å². The van der Waals surface area contributed by atoms with Crippen molar-refractivity contribution in [3.63, 3.8) is 0 Å². The molecule has 1 N–H and O–H groups in total. The summed E-state index contributed by atoms with van der Waals surface area (Å²) in [7, 11) is -1.12. The monoisotopic (exact) mass is 454 g/mol. The summed E-state index contributed by atoms with van der Waals surface area (Å²) in [6.07, 6.45) is 0. The molecule has 29 heavy (non-hydrogen) atoms. The van der Waals surface area contributed by atoms with Crippen molar-refractivity contribution in [1.82, 2.24) is 4.31 Å². The normalized spacial score (nSPS) is 11.8. The van der Waals surface area contributed by atoms with Gasteiger partial charge in [-0.15, -0.1) is 11.8 Å². The highest BCUT2D eigenvalue weighted by atomic mass is 32.2. The first kappa shape index (κ1) is 23.1. The Balaban J connectivity index is 2.21. The topological polar surface area (TPSA) is 66.5 Å². The van der Waals surface area contributed by atoms with Gasteiger partial charge >= 0.3 is 0 Å². The van der Waals surface area contributed by atoms with Gasteiger partial charge in [0.25, 0.3) is 0 Å². The third kappa shape index (κ3) is 4.70. The molecule has 0 radical (unpaired) electrons. The molecule has 0 aliphatic heterocycles. The Morgan fingerprint density at radius 3 is 2.03 bits per heavy atom. The molecule has 0 atom stereocenters. The Kier molecular flexibility index (Phi) is 6.91. The average molecular weight is 454 g/mol. The first-order chi connectivity index (χ1) is 13.4. The van der Waals surface area contributed by atoms with Gasteiger partial charge in [0.05, 0.1) is 15.5 Å². The maximum atomic E-state index is 13.7. The van der Waals surface area contributed by atoms with Crippen LogP contribution in [0, 0.1) is 36.0 Å². The number of sulfonamides is 1. The molecule has 0 heterocycles. The van der Waals surface area contributed by atoms with Gasteiger partial charge in [-0.3, -0.25) is 4.79 Å². The number of carbonyl (C=O) groups excluding carboxylic acids is 1. The SMILES string of the molecule is Cc1ccc(S(=O)(=O)N(C)C)cc1NC(=O)CSc1c(F)c(F)c(F)c(F)c1F. The van der Waals surface area contributed by atoms with Gasteiger partial charge in [0.1, 0.15) is 0 Å². The summed E-state index contributed by atoms with van der Waals surface area (Å²) in [6, 6.07) is 3.98. The molecule has 12 heteroatoms. The molecule has 2 rings (SSSR count). The van der Waals surface area contributed by atoms with Crippen molar-refractivity contribution in [2.75, 3.05) is 25.2 Å². The van der Waals surface area contributed by atoms with E-state index in [0.717, 1.165) is 4.31 Å². The molecule has 0 fully saturated rings. The van der Waals surface area contributed by atoms with E-state index in [-0.39, 0.29) is 22.3 Å². The molecule has 1 amide bonds. The first-order valence-electron chi connectivity index (χ1n) is 7.85. The Morgan fingerprint density at radius 1 is 1.00 bits per heavy atom. The molecule has 0 spiro atoms. The molecular weight excluding hydrogens is 439 g/mol. The minimum atomic E-state index is -3.77. The Bertz CT molecular complexity index is 1050. The lowest BCUT2D eigenvalue weighted by Crippen LogP contribution is -2.22. The fourth-order valence-electron chi connectivity index (χ4n) is 2.14. The third-order valence-electron chi connectivity index (χ3n) is 3.78. The van der Waals surface area contributed by atoms with Crippen LogP contribution in [0.3, 0.4) is 0 Å². The van der Waals surface area contributed by atoms with E-state index in [0.29, 0.717) is 5.56 Å². The second-order valence-corrected chi connectivity index (χ2v) is 9.14. The third-order valence-corrected chi connectivity index (χ3v) is 6.64. The second-order valence-electron chi connectivity index (χ2n) is 6.00.